The Labute approximate surface area is 74.5 Å². The lowest BCUT2D eigenvalue weighted by Gasteiger charge is -1.89. The first kappa shape index (κ1) is 7.13. The molecule has 11 heavy (non-hydrogen) atoms. The monoisotopic (exact) mass is 181 g/mol. The molecule has 1 aromatic heterocycles. The Bertz CT molecular complexity index is 392. The van der Waals surface area contributed by atoms with Crippen molar-refractivity contribution < 1.29 is 0 Å². The fourth-order valence-corrected chi connectivity index (χ4v) is 2.23. The van der Waals surface area contributed by atoms with E-state index in [1.807, 2.05) is 19.1 Å². The fourth-order valence-electron chi connectivity index (χ4n) is 1.04. The van der Waals surface area contributed by atoms with Crippen molar-refractivity contribution >= 4 is 34.2 Å². The molecule has 1 aromatic carbocycles. The van der Waals surface area contributed by atoms with E-state index in [4.69, 9.17) is 0 Å². The number of rotatable bonds is 0. The Morgan fingerprint density at radius 2 is 2.27 bits per heavy atom. The van der Waals surface area contributed by atoms with Crippen molar-refractivity contribution in [1.29, 1.82) is 0 Å². The zero-order valence-corrected chi connectivity index (χ0v) is 7.75. The molecule has 0 radical (unpaired) electrons. The molecule has 1 nitrogen and oxygen atoms in total. The maximum Gasteiger partial charge on any atom is 0.0948 e. The summed E-state index contributed by atoms with van der Waals surface area (Å²) in [6.07, 6.45) is 0. The summed E-state index contributed by atoms with van der Waals surface area (Å²) >= 11 is 6.01. The highest BCUT2D eigenvalue weighted by atomic mass is 32.1. The summed E-state index contributed by atoms with van der Waals surface area (Å²) in [5.41, 5.74) is 1.03. The van der Waals surface area contributed by atoms with Crippen LogP contribution in [0.25, 0.3) is 10.2 Å². The molecular formula is C8H7NS2. The molecule has 0 saturated heterocycles. The van der Waals surface area contributed by atoms with Crippen molar-refractivity contribution in [2.24, 2.45) is 0 Å². The van der Waals surface area contributed by atoms with E-state index in [0.717, 1.165) is 15.4 Å². The number of aromatic nitrogens is 1. The van der Waals surface area contributed by atoms with Crippen LogP contribution in [0.1, 0.15) is 5.01 Å². The third-order valence-electron chi connectivity index (χ3n) is 1.50. The predicted octanol–water partition coefficient (Wildman–Crippen LogP) is 2.89. The van der Waals surface area contributed by atoms with Crippen LogP contribution in [-0.2, 0) is 0 Å². The highest BCUT2D eigenvalue weighted by molar-refractivity contribution is 7.80. The second-order valence-electron chi connectivity index (χ2n) is 2.36. The smallest absolute Gasteiger partial charge is 0.0948 e. The third kappa shape index (κ3) is 1.14. The summed E-state index contributed by atoms with van der Waals surface area (Å²) in [6.45, 7) is 2.01. The summed E-state index contributed by atoms with van der Waals surface area (Å²) in [7, 11) is 0. The van der Waals surface area contributed by atoms with Gasteiger partial charge in [0.15, 0.2) is 0 Å². The standard InChI is InChI=1S/C8H7NS2/c1-5-9-8-6(10)3-2-4-7(8)11-5/h2-4,10H,1H3. The molecule has 0 spiro atoms. The molecule has 0 aliphatic rings. The lowest BCUT2D eigenvalue weighted by atomic mass is 10.3. The van der Waals surface area contributed by atoms with E-state index in [1.165, 1.54) is 4.70 Å². The summed E-state index contributed by atoms with van der Waals surface area (Å²) in [5.74, 6) is 0. The Kier molecular flexibility index (Phi) is 1.62. The van der Waals surface area contributed by atoms with E-state index in [9.17, 15) is 0 Å². The summed E-state index contributed by atoms with van der Waals surface area (Å²) in [6, 6.07) is 6.03. The number of thiol groups is 1. The van der Waals surface area contributed by atoms with Gasteiger partial charge in [-0.25, -0.2) is 4.98 Å². The van der Waals surface area contributed by atoms with E-state index < -0.39 is 0 Å². The van der Waals surface area contributed by atoms with E-state index in [0.29, 0.717) is 0 Å². The highest BCUT2D eigenvalue weighted by Gasteiger charge is 2.01. The second-order valence-corrected chi connectivity index (χ2v) is 4.07. The van der Waals surface area contributed by atoms with Gasteiger partial charge in [-0.3, -0.25) is 0 Å². The van der Waals surface area contributed by atoms with E-state index in [-0.39, 0.29) is 0 Å². The summed E-state index contributed by atoms with van der Waals surface area (Å²) in [4.78, 5) is 5.32. The molecule has 0 saturated carbocycles. The van der Waals surface area contributed by atoms with Crippen LogP contribution in [0.3, 0.4) is 0 Å². The van der Waals surface area contributed by atoms with Crippen LogP contribution in [0.5, 0.6) is 0 Å². The van der Waals surface area contributed by atoms with Crippen molar-refractivity contribution in [1.82, 2.24) is 4.98 Å². The first-order valence-corrected chi connectivity index (χ1v) is 4.59. The number of hydrogen-bond acceptors (Lipinski definition) is 3. The van der Waals surface area contributed by atoms with Crippen molar-refractivity contribution in [3.8, 4) is 0 Å². The minimum atomic E-state index is 0.965. The van der Waals surface area contributed by atoms with Crippen LogP contribution in [0.15, 0.2) is 23.1 Å². The SMILES string of the molecule is Cc1nc2c(S)cccc2s1. The molecule has 0 N–H and O–H groups in total. The lowest BCUT2D eigenvalue weighted by molar-refractivity contribution is 1.31. The molecule has 3 heteroatoms. The average molecular weight is 181 g/mol. The van der Waals surface area contributed by atoms with Gasteiger partial charge in [0.25, 0.3) is 0 Å². The predicted molar refractivity (Wildman–Crippen MR) is 51.6 cm³/mol. The first-order chi connectivity index (χ1) is 5.27. The number of aryl methyl sites for hydroxylation is 1. The summed E-state index contributed by atoms with van der Waals surface area (Å²) in [5, 5.41) is 1.10. The zero-order valence-electron chi connectivity index (χ0n) is 6.03. The maximum absolute atomic E-state index is 4.35. The van der Waals surface area contributed by atoms with Gasteiger partial charge < -0.3 is 0 Å². The molecule has 2 aromatic rings. The van der Waals surface area contributed by atoms with Crippen LogP contribution in [0, 0.1) is 6.92 Å². The molecular weight excluding hydrogens is 174 g/mol. The quantitative estimate of drug-likeness (QED) is 0.617. The molecule has 56 valence electrons. The average Bonchev–Trinajstić information content (AvgIpc) is 2.31. The zero-order chi connectivity index (χ0) is 7.84. The van der Waals surface area contributed by atoms with Gasteiger partial charge in [0.05, 0.1) is 15.2 Å². The van der Waals surface area contributed by atoms with Crippen LogP contribution >= 0.6 is 24.0 Å². The fraction of sp³-hybridized carbons (Fsp3) is 0.125. The van der Waals surface area contributed by atoms with Gasteiger partial charge in [-0.05, 0) is 19.1 Å². The Hall–Kier alpha value is -0.540. The number of benzene rings is 1. The number of hydrogen-bond donors (Lipinski definition) is 1. The van der Waals surface area contributed by atoms with Gasteiger partial charge in [0.1, 0.15) is 0 Å². The van der Waals surface area contributed by atoms with Crippen LogP contribution in [0.4, 0.5) is 0 Å². The van der Waals surface area contributed by atoms with Crippen molar-refractivity contribution in [2.45, 2.75) is 11.8 Å². The second kappa shape index (κ2) is 2.50. The van der Waals surface area contributed by atoms with Crippen molar-refractivity contribution in [2.75, 3.05) is 0 Å². The van der Waals surface area contributed by atoms with Crippen molar-refractivity contribution in [3.63, 3.8) is 0 Å². The highest BCUT2D eigenvalue weighted by Crippen LogP contribution is 2.25. The number of nitrogens with zero attached hydrogens (tertiary/aromatic N) is 1. The van der Waals surface area contributed by atoms with Gasteiger partial charge in [-0.2, -0.15) is 0 Å². The van der Waals surface area contributed by atoms with E-state index in [2.05, 4.69) is 23.7 Å². The molecule has 0 fully saturated rings. The van der Waals surface area contributed by atoms with Gasteiger partial charge >= 0.3 is 0 Å². The van der Waals surface area contributed by atoms with E-state index in [1.54, 1.807) is 11.3 Å². The molecule has 0 amide bonds. The largest absolute Gasteiger partial charge is 0.240 e. The minimum absolute atomic E-state index is 0.965. The molecule has 0 bridgehead atoms. The Morgan fingerprint density at radius 1 is 1.45 bits per heavy atom. The third-order valence-corrected chi connectivity index (χ3v) is 2.80. The molecule has 2 rings (SSSR count). The minimum Gasteiger partial charge on any atom is -0.240 e. The van der Waals surface area contributed by atoms with Gasteiger partial charge in [0, 0.05) is 4.90 Å². The molecule has 0 unspecified atom stereocenters. The van der Waals surface area contributed by atoms with Crippen molar-refractivity contribution in [3.05, 3.63) is 23.2 Å². The summed E-state index contributed by atoms with van der Waals surface area (Å²) < 4.78 is 1.22. The Balaban J connectivity index is 2.90. The van der Waals surface area contributed by atoms with Crippen LogP contribution in [0.2, 0.25) is 0 Å². The van der Waals surface area contributed by atoms with Crippen LogP contribution < -0.4 is 0 Å². The van der Waals surface area contributed by atoms with Gasteiger partial charge in [-0.15, -0.1) is 24.0 Å². The number of thiazole rings is 1. The molecule has 1 heterocycles. The first-order valence-electron chi connectivity index (χ1n) is 3.32. The van der Waals surface area contributed by atoms with Gasteiger partial charge in [0.2, 0.25) is 0 Å². The van der Waals surface area contributed by atoms with E-state index >= 15 is 0 Å². The normalized spacial score (nSPS) is 10.7. The topological polar surface area (TPSA) is 12.9 Å². The molecule has 0 atom stereocenters. The lowest BCUT2D eigenvalue weighted by Crippen LogP contribution is -1.70. The maximum atomic E-state index is 4.35. The molecule has 0 aliphatic heterocycles. The Morgan fingerprint density at radius 3 is 3.00 bits per heavy atom. The number of para-hydroxylation sites is 1. The van der Waals surface area contributed by atoms with Gasteiger partial charge in [-0.1, -0.05) is 6.07 Å². The number of fused-ring (bicyclic) bond motifs is 1. The van der Waals surface area contributed by atoms with Crippen LogP contribution in [-0.4, -0.2) is 4.98 Å². The molecule has 0 aliphatic carbocycles.